The van der Waals surface area contributed by atoms with Crippen molar-refractivity contribution in [2.45, 2.75) is 19.9 Å². The van der Waals surface area contributed by atoms with Gasteiger partial charge in [-0.3, -0.25) is 25.0 Å². The normalized spacial score (nSPS) is 11.7. The Morgan fingerprint density at radius 1 is 1.08 bits per heavy atom. The molecule has 2 aromatic carbocycles. The lowest BCUT2D eigenvalue weighted by atomic mass is 10.0. The van der Waals surface area contributed by atoms with Crippen molar-refractivity contribution in [1.82, 2.24) is 5.32 Å². The Bertz CT molecular complexity index is 917. The monoisotopic (exact) mass is 397 g/mol. The Balaban J connectivity index is 2.37. The molecule has 0 aliphatic heterocycles. The molecule has 0 saturated heterocycles. The van der Waals surface area contributed by atoms with Gasteiger partial charge in [0.15, 0.2) is 0 Å². The molecule has 0 spiro atoms. The SMILES string of the molecule is Cc1c(C(=O)NC(C)c2ccc(Cl)c(Cl)c2)cc([N+](=O)[O-])cc1[N+](=O)[O-]. The van der Waals surface area contributed by atoms with Crippen molar-refractivity contribution < 1.29 is 14.6 Å². The molecule has 0 aromatic heterocycles. The van der Waals surface area contributed by atoms with Gasteiger partial charge in [0, 0.05) is 11.6 Å². The number of nitro benzene ring substituents is 2. The smallest absolute Gasteiger partial charge is 0.279 e. The molecule has 0 fully saturated rings. The quantitative estimate of drug-likeness (QED) is 0.583. The number of nitrogens with one attached hydrogen (secondary N) is 1. The van der Waals surface area contributed by atoms with E-state index in [0.717, 1.165) is 12.1 Å². The standard InChI is InChI=1S/C16H13Cl2N3O5/c1-8-12(6-11(20(23)24)7-15(8)21(25)26)16(22)19-9(2)10-3-4-13(17)14(18)5-10/h3-7,9H,1-2H3,(H,19,22). The maximum atomic E-state index is 12.5. The maximum Gasteiger partial charge on any atom is 0.279 e. The summed E-state index contributed by atoms with van der Waals surface area (Å²) in [4.78, 5) is 33.1. The van der Waals surface area contributed by atoms with E-state index < -0.39 is 33.2 Å². The lowest BCUT2D eigenvalue weighted by Gasteiger charge is -2.16. The third kappa shape index (κ3) is 4.09. The number of non-ortho nitro benzene ring substituents is 1. The molecule has 26 heavy (non-hydrogen) atoms. The van der Waals surface area contributed by atoms with Crippen LogP contribution in [0.3, 0.4) is 0 Å². The summed E-state index contributed by atoms with van der Waals surface area (Å²) in [6, 6.07) is 6.16. The molecule has 1 unspecified atom stereocenters. The van der Waals surface area contributed by atoms with Gasteiger partial charge in [0.25, 0.3) is 17.3 Å². The van der Waals surface area contributed by atoms with E-state index in [2.05, 4.69) is 5.32 Å². The molecule has 1 N–H and O–H groups in total. The fourth-order valence-electron chi connectivity index (χ4n) is 2.35. The molecule has 0 aliphatic carbocycles. The van der Waals surface area contributed by atoms with Gasteiger partial charge in [-0.25, -0.2) is 0 Å². The first-order valence-corrected chi connectivity index (χ1v) is 8.06. The fourth-order valence-corrected chi connectivity index (χ4v) is 2.66. The number of nitro groups is 2. The molecule has 0 heterocycles. The van der Waals surface area contributed by atoms with Gasteiger partial charge >= 0.3 is 0 Å². The third-order valence-corrected chi connectivity index (χ3v) is 4.55. The van der Waals surface area contributed by atoms with Crippen LogP contribution in [0.2, 0.25) is 10.0 Å². The highest BCUT2D eigenvalue weighted by Crippen LogP contribution is 2.29. The van der Waals surface area contributed by atoms with Gasteiger partial charge in [0.1, 0.15) is 0 Å². The van der Waals surface area contributed by atoms with E-state index in [9.17, 15) is 25.0 Å². The first kappa shape index (κ1) is 19.6. The van der Waals surface area contributed by atoms with Crippen molar-refractivity contribution in [3.05, 3.63) is 77.3 Å². The Morgan fingerprint density at radius 3 is 2.27 bits per heavy atom. The second kappa shape index (κ2) is 7.67. The van der Waals surface area contributed by atoms with Crippen LogP contribution in [0.4, 0.5) is 11.4 Å². The molecule has 1 atom stereocenters. The molecule has 0 aliphatic rings. The number of amides is 1. The van der Waals surface area contributed by atoms with Crippen LogP contribution in [0.15, 0.2) is 30.3 Å². The van der Waals surface area contributed by atoms with E-state index in [1.54, 1.807) is 25.1 Å². The van der Waals surface area contributed by atoms with Crippen LogP contribution in [-0.4, -0.2) is 15.8 Å². The fraction of sp³-hybridized carbons (Fsp3) is 0.188. The molecule has 136 valence electrons. The van der Waals surface area contributed by atoms with E-state index >= 15 is 0 Å². The molecule has 1 amide bonds. The van der Waals surface area contributed by atoms with Crippen molar-refractivity contribution in [3.63, 3.8) is 0 Å². The van der Waals surface area contributed by atoms with Gasteiger partial charge in [-0.2, -0.15) is 0 Å². The average molecular weight is 398 g/mol. The zero-order valence-electron chi connectivity index (χ0n) is 13.7. The first-order chi connectivity index (χ1) is 12.1. The van der Waals surface area contributed by atoms with Crippen LogP contribution in [0.25, 0.3) is 0 Å². The summed E-state index contributed by atoms with van der Waals surface area (Å²) in [5.41, 5.74) is -0.469. The van der Waals surface area contributed by atoms with Crippen molar-refractivity contribution >= 4 is 40.5 Å². The van der Waals surface area contributed by atoms with Crippen molar-refractivity contribution in [2.24, 2.45) is 0 Å². The van der Waals surface area contributed by atoms with Crippen molar-refractivity contribution in [2.75, 3.05) is 0 Å². The Labute approximate surface area is 158 Å². The Kier molecular flexibility index (Phi) is 5.79. The molecular weight excluding hydrogens is 385 g/mol. The highest BCUT2D eigenvalue weighted by atomic mass is 35.5. The van der Waals surface area contributed by atoms with Gasteiger partial charge in [-0.05, 0) is 31.5 Å². The number of halogens is 2. The second-order valence-corrected chi connectivity index (χ2v) is 6.33. The topological polar surface area (TPSA) is 115 Å². The van der Waals surface area contributed by atoms with E-state index in [-0.39, 0.29) is 11.1 Å². The molecule has 2 aromatic rings. The lowest BCUT2D eigenvalue weighted by Crippen LogP contribution is -2.27. The predicted octanol–water partition coefficient (Wildman–Crippen LogP) is 4.61. The van der Waals surface area contributed by atoms with Crippen LogP contribution < -0.4 is 5.32 Å². The lowest BCUT2D eigenvalue weighted by molar-refractivity contribution is -0.394. The predicted molar refractivity (Wildman–Crippen MR) is 96.8 cm³/mol. The Morgan fingerprint density at radius 2 is 1.73 bits per heavy atom. The highest BCUT2D eigenvalue weighted by molar-refractivity contribution is 6.42. The minimum Gasteiger partial charge on any atom is -0.346 e. The molecule has 0 bridgehead atoms. The summed E-state index contributed by atoms with van der Waals surface area (Å²) in [5.74, 6) is -0.673. The highest BCUT2D eigenvalue weighted by Gasteiger charge is 2.25. The van der Waals surface area contributed by atoms with Crippen molar-refractivity contribution in [1.29, 1.82) is 0 Å². The number of nitrogens with zero attached hydrogens (tertiary/aromatic N) is 2. The van der Waals surface area contributed by atoms with Crippen LogP contribution in [0.1, 0.15) is 34.5 Å². The largest absolute Gasteiger partial charge is 0.346 e. The Hall–Kier alpha value is -2.71. The number of carbonyl (C=O) groups is 1. The number of rotatable bonds is 5. The molecule has 2 rings (SSSR count). The summed E-state index contributed by atoms with van der Waals surface area (Å²) in [6.07, 6.45) is 0. The van der Waals surface area contributed by atoms with Gasteiger partial charge in [-0.1, -0.05) is 29.3 Å². The van der Waals surface area contributed by atoms with E-state index in [0.29, 0.717) is 15.6 Å². The summed E-state index contributed by atoms with van der Waals surface area (Å²) in [6.45, 7) is 3.04. The van der Waals surface area contributed by atoms with Crippen LogP contribution in [-0.2, 0) is 0 Å². The molecule has 10 heteroatoms. The van der Waals surface area contributed by atoms with Crippen LogP contribution in [0.5, 0.6) is 0 Å². The zero-order chi connectivity index (χ0) is 19.6. The molecule has 8 nitrogen and oxygen atoms in total. The number of hydrogen-bond donors (Lipinski definition) is 1. The number of carbonyl (C=O) groups excluding carboxylic acids is 1. The summed E-state index contributed by atoms with van der Waals surface area (Å²) < 4.78 is 0. The summed E-state index contributed by atoms with van der Waals surface area (Å²) in [5, 5.41) is 25.4. The second-order valence-electron chi connectivity index (χ2n) is 5.52. The van der Waals surface area contributed by atoms with E-state index in [1.165, 1.54) is 6.92 Å². The molecule has 0 radical (unpaired) electrons. The zero-order valence-corrected chi connectivity index (χ0v) is 15.2. The van der Waals surface area contributed by atoms with Gasteiger partial charge in [0.2, 0.25) is 0 Å². The van der Waals surface area contributed by atoms with Crippen molar-refractivity contribution in [3.8, 4) is 0 Å². The third-order valence-electron chi connectivity index (χ3n) is 3.81. The number of hydrogen-bond acceptors (Lipinski definition) is 5. The van der Waals surface area contributed by atoms with Gasteiger partial charge in [0.05, 0.1) is 37.6 Å². The summed E-state index contributed by atoms with van der Waals surface area (Å²) >= 11 is 11.8. The first-order valence-electron chi connectivity index (χ1n) is 7.31. The van der Waals surface area contributed by atoms with E-state index in [1.807, 2.05) is 0 Å². The van der Waals surface area contributed by atoms with Crippen LogP contribution in [0, 0.1) is 27.2 Å². The van der Waals surface area contributed by atoms with E-state index in [4.69, 9.17) is 23.2 Å². The molecule has 0 saturated carbocycles. The minimum absolute atomic E-state index is 0.0411. The average Bonchev–Trinajstić information content (AvgIpc) is 2.56. The van der Waals surface area contributed by atoms with Gasteiger partial charge < -0.3 is 5.32 Å². The minimum atomic E-state index is -0.786. The summed E-state index contributed by atoms with van der Waals surface area (Å²) in [7, 11) is 0. The molecular formula is C16H13Cl2N3O5. The number of benzene rings is 2. The van der Waals surface area contributed by atoms with Crippen LogP contribution >= 0.6 is 23.2 Å². The van der Waals surface area contributed by atoms with Gasteiger partial charge in [-0.15, -0.1) is 0 Å². The maximum absolute atomic E-state index is 12.5.